The molecule has 0 aliphatic heterocycles. The molecule has 1 nitrogen and oxygen atoms in total. The van der Waals surface area contributed by atoms with Gasteiger partial charge in [-0.25, -0.2) is 8.78 Å². The molecule has 3 heteroatoms. The molecule has 0 saturated heterocycles. The van der Waals surface area contributed by atoms with E-state index >= 15 is 0 Å². The Kier molecular flexibility index (Phi) is 4.00. The van der Waals surface area contributed by atoms with Crippen molar-refractivity contribution in [3.63, 3.8) is 0 Å². The first-order valence-corrected chi connectivity index (χ1v) is 6.61. The summed E-state index contributed by atoms with van der Waals surface area (Å²) in [6.45, 7) is 6.33. The number of nitrogens with one attached hydrogen (secondary N) is 1. The van der Waals surface area contributed by atoms with E-state index in [4.69, 9.17) is 0 Å². The van der Waals surface area contributed by atoms with Gasteiger partial charge in [-0.2, -0.15) is 0 Å². The van der Waals surface area contributed by atoms with E-state index in [9.17, 15) is 8.78 Å². The molecule has 100 valence electrons. The third-order valence-electron chi connectivity index (χ3n) is 4.15. The first-order chi connectivity index (χ1) is 8.53. The molecule has 0 radical (unpaired) electrons. The molecule has 0 heterocycles. The second-order valence-corrected chi connectivity index (χ2v) is 5.66. The molecule has 18 heavy (non-hydrogen) atoms. The zero-order valence-electron chi connectivity index (χ0n) is 11.0. The van der Waals surface area contributed by atoms with E-state index in [0.29, 0.717) is 11.3 Å². The molecule has 0 unspecified atom stereocenters. The van der Waals surface area contributed by atoms with Gasteiger partial charge >= 0.3 is 0 Å². The van der Waals surface area contributed by atoms with Crippen LogP contribution in [-0.4, -0.2) is 6.54 Å². The van der Waals surface area contributed by atoms with Crippen molar-refractivity contribution in [1.29, 1.82) is 0 Å². The molecule has 1 saturated carbocycles. The molecular weight excluding hydrogens is 232 g/mol. The minimum atomic E-state index is -2.37. The Morgan fingerprint density at radius 1 is 1.17 bits per heavy atom. The highest BCUT2D eigenvalue weighted by molar-refractivity contribution is 5.23. The van der Waals surface area contributed by atoms with Crippen molar-refractivity contribution in [3.8, 4) is 0 Å². The van der Waals surface area contributed by atoms with Gasteiger partial charge in [-0.15, -0.1) is 0 Å². The summed E-state index contributed by atoms with van der Waals surface area (Å²) in [5.74, 6) is 0.714. The van der Waals surface area contributed by atoms with E-state index in [1.807, 2.05) is 0 Å². The van der Waals surface area contributed by atoms with Crippen LogP contribution in [0.4, 0.5) is 8.78 Å². The quantitative estimate of drug-likeness (QED) is 0.803. The van der Waals surface area contributed by atoms with Gasteiger partial charge in [-0.1, -0.05) is 38.1 Å². The second kappa shape index (κ2) is 5.35. The van der Waals surface area contributed by atoms with Gasteiger partial charge in [-0.3, -0.25) is 0 Å². The normalized spacial score (nSPS) is 17.4. The van der Waals surface area contributed by atoms with Crippen molar-refractivity contribution < 1.29 is 8.78 Å². The van der Waals surface area contributed by atoms with E-state index in [0.717, 1.165) is 18.7 Å². The lowest BCUT2D eigenvalue weighted by atomic mass is 9.92. The minimum absolute atomic E-state index is 0.0968. The standard InChI is InChI=1S/C15H21F2N/c1-11(2)15(7-8-15)10-18-9-12-3-5-13(6-4-12)14(16)17/h3-6,11,14,18H,7-10H2,1-2H3. The molecule has 1 aromatic rings. The minimum Gasteiger partial charge on any atom is -0.312 e. The number of alkyl halides is 2. The maximum atomic E-state index is 12.4. The zero-order valence-corrected chi connectivity index (χ0v) is 11.0. The van der Waals surface area contributed by atoms with E-state index in [1.54, 1.807) is 12.1 Å². The fourth-order valence-electron chi connectivity index (χ4n) is 2.36. The molecule has 1 aliphatic rings. The maximum absolute atomic E-state index is 12.4. The number of rotatable bonds is 6. The van der Waals surface area contributed by atoms with Crippen LogP contribution in [0.1, 0.15) is 44.2 Å². The Labute approximate surface area is 108 Å². The molecule has 1 aliphatic carbocycles. The van der Waals surface area contributed by atoms with Crippen LogP contribution in [0, 0.1) is 11.3 Å². The first kappa shape index (κ1) is 13.5. The van der Waals surface area contributed by atoms with Gasteiger partial charge in [0, 0.05) is 18.7 Å². The molecule has 0 spiro atoms. The number of benzene rings is 1. The topological polar surface area (TPSA) is 12.0 Å². The van der Waals surface area contributed by atoms with Gasteiger partial charge in [0.1, 0.15) is 0 Å². The molecule has 1 fully saturated rings. The SMILES string of the molecule is CC(C)C1(CNCc2ccc(C(F)F)cc2)CC1. The van der Waals surface area contributed by atoms with Gasteiger partial charge < -0.3 is 5.32 Å². The molecule has 0 atom stereocenters. The molecular formula is C15H21F2N. The summed E-state index contributed by atoms with van der Waals surface area (Å²) in [5, 5.41) is 3.45. The predicted molar refractivity (Wildman–Crippen MR) is 69.6 cm³/mol. The summed E-state index contributed by atoms with van der Waals surface area (Å²) in [5.41, 5.74) is 1.65. The molecule has 0 aromatic heterocycles. The fourth-order valence-corrected chi connectivity index (χ4v) is 2.36. The maximum Gasteiger partial charge on any atom is 0.263 e. The van der Waals surface area contributed by atoms with E-state index in [-0.39, 0.29) is 5.56 Å². The van der Waals surface area contributed by atoms with Gasteiger partial charge in [0.2, 0.25) is 0 Å². The molecule has 0 amide bonds. The first-order valence-electron chi connectivity index (χ1n) is 6.61. The lowest BCUT2D eigenvalue weighted by molar-refractivity contribution is 0.151. The van der Waals surface area contributed by atoms with Crippen molar-refractivity contribution in [2.24, 2.45) is 11.3 Å². The summed E-state index contributed by atoms with van der Waals surface area (Å²) in [6, 6.07) is 6.58. The lowest BCUT2D eigenvalue weighted by Gasteiger charge is -2.20. The van der Waals surface area contributed by atoms with Crippen LogP contribution in [-0.2, 0) is 6.54 Å². The highest BCUT2D eigenvalue weighted by Crippen LogP contribution is 2.51. The molecule has 0 bridgehead atoms. The molecule has 1 N–H and O–H groups in total. The van der Waals surface area contributed by atoms with Gasteiger partial charge in [0.05, 0.1) is 0 Å². The predicted octanol–water partition coefficient (Wildman–Crippen LogP) is 4.15. The van der Waals surface area contributed by atoms with E-state index in [1.165, 1.54) is 25.0 Å². The number of halogens is 2. The van der Waals surface area contributed by atoms with Crippen LogP contribution in [0.5, 0.6) is 0 Å². The summed E-state index contributed by atoms with van der Waals surface area (Å²) in [4.78, 5) is 0. The van der Waals surface area contributed by atoms with Crippen molar-refractivity contribution >= 4 is 0 Å². The lowest BCUT2D eigenvalue weighted by Crippen LogP contribution is -2.27. The van der Waals surface area contributed by atoms with Crippen LogP contribution in [0.15, 0.2) is 24.3 Å². The zero-order chi connectivity index (χ0) is 13.2. The van der Waals surface area contributed by atoms with Crippen LogP contribution < -0.4 is 5.32 Å². The van der Waals surface area contributed by atoms with Crippen LogP contribution >= 0.6 is 0 Å². The van der Waals surface area contributed by atoms with Crippen LogP contribution in [0.25, 0.3) is 0 Å². The summed E-state index contributed by atoms with van der Waals surface area (Å²) >= 11 is 0. The van der Waals surface area contributed by atoms with Crippen molar-refractivity contribution in [3.05, 3.63) is 35.4 Å². The average Bonchev–Trinajstić information content (AvgIpc) is 3.11. The number of hydrogen-bond acceptors (Lipinski definition) is 1. The molecule has 1 aromatic carbocycles. The smallest absolute Gasteiger partial charge is 0.263 e. The average molecular weight is 253 g/mol. The summed E-state index contributed by atoms with van der Waals surface area (Å²) in [6.07, 6.45) is 0.243. The van der Waals surface area contributed by atoms with Gasteiger partial charge in [0.15, 0.2) is 0 Å². The Bertz CT molecular complexity index is 380. The summed E-state index contributed by atoms with van der Waals surface area (Å²) in [7, 11) is 0. The fraction of sp³-hybridized carbons (Fsp3) is 0.600. The highest BCUT2D eigenvalue weighted by Gasteiger charge is 2.44. The Morgan fingerprint density at radius 3 is 2.22 bits per heavy atom. The summed E-state index contributed by atoms with van der Waals surface area (Å²) < 4.78 is 24.8. The Morgan fingerprint density at radius 2 is 1.78 bits per heavy atom. The third kappa shape index (κ3) is 3.08. The largest absolute Gasteiger partial charge is 0.312 e. The van der Waals surface area contributed by atoms with Crippen molar-refractivity contribution in [1.82, 2.24) is 5.32 Å². The monoisotopic (exact) mass is 253 g/mol. The van der Waals surface area contributed by atoms with Gasteiger partial charge in [0.25, 0.3) is 6.43 Å². The Balaban J connectivity index is 1.80. The molecule has 2 rings (SSSR count). The highest BCUT2D eigenvalue weighted by atomic mass is 19.3. The van der Waals surface area contributed by atoms with Gasteiger partial charge in [-0.05, 0) is 29.7 Å². The van der Waals surface area contributed by atoms with E-state index < -0.39 is 6.43 Å². The third-order valence-corrected chi connectivity index (χ3v) is 4.15. The van der Waals surface area contributed by atoms with Crippen LogP contribution in [0.2, 0.25) is 0 Å². The Hall–Kier alpha value is -0.960. The van der Waals surface area contributed by atoms with Crippen molar-refractivity contribution in [2.45, 2.75) is 39.7 Å². The van der Waals surface area contributed by atoms with Crippen molar-refractivity contribution in [2.75, 3.05) is 6.54 Å². The van der Waals surface area contributed by atoms with E-state index in [2.05, 4.69) is 19.2 Å². The second-order valence-electron chi connectivity index (χ2n) is 5.66. The van der Waals surface area contributed by atoms with Crippen LogP contribution in [0.3, 0.4) is 0 Å². The number of hydrogen-bond donors (Lipinski definition) is 1.